The van der Waals surface area contributed by atoms with Gasteiger partial charge in [0.15, 0.2) is 0 Å². The summed E-state index contributed by atoms with van der Waals surface area (Å²) >= 11 is 0. The standard InChI is InChI=1S/C12H11N5O2/c13-9-10-2-3-11(12(8-10)17(18)19)14-5-7-16-6-1-4-15-16/h1-4,6,8,14H,5,7H2. The van der Waals surface area contributed by atoms with E-state index in [1.54, 1.807) is 23.0 Å². The van der Waals surface area contributed by atoms with E-state index in [0.717, 1.165) is 0 Å². The van der Waals surface area contributed by atoms with Crippen molar-refractivity contribution < 1.29 is 4.92 Å². The largest absolute Gasteiger partial charge is 0.378 e. The molecule has 0 saturated carbocycles. The second-order valence-electron chi connectivity index (χ2n) is 3.80. The van der Waals surface area contributed by atoms with Crippen LogP contribution in [0.5, 0.6) is 0 Å². The molecule has 7 nitrogen and oxygen atoms in total. The van der Waals surface area contributed by atoms with Crippen molar-refractivity contribution in [1.29, 1.82) is 5.26 Å². The van der Waals surface area contributed by atoms with Gasteiger partial charge in [-0.2, -0.15) is 10.4 Å². The first-order valence-electron chi connectivity index (χ1n) is 5.60. The van der Waals surface area contributed by atoms with Gasteiger partial charge in [0.05, 0.1) is 23.1 Å². The summed E-state index contributed by atoms with van der Waals surface area (Å²) < 4.78 is 1.72. The molecular weight excluding hydrogens is 246 g/mol. The Bertz CT molecular complexity index is 616. The third kappa shape index (κ3) is 3.07. The fraction of sp³-hybridized carbons (Fsp3) is 0.167. The lowest BCUT2D eigenvalue weighted by Crippen LogP contribution is -2.11. The molecule has 1 heterocycles. The van der Waals surface area contributed by atoms with Gasteiger partial charge < -0.3 is 5.32 Å². The molecule has 0 bridgehead atoms. The highest BCUT2D eigenvalue weighted by molar-refractivity contribution is 5.63. The molecule has 7 heteroatoms. The van der Waals surface area contributed by atoms with Gasteiger partial charge in [0, 0.05) is 25.0 Å². The van der Waals surface area contributed by atoms with Gasteiger partial charge in [-0.25, -0.2) is 0 Å². The Kier molecular flexibility index (Phi) is 3.73. The van der Waals surface area contributed by atoms with E-state index in [1.807, 2.05) is 18.3 Å². The average Bonchev–Trinajstić information content (AvgIpc) is 2.92. The van der Waals surface area contributed by atoms with Crippen molar-refractivity contribution in [3.63, 3.8) is 0 Å². The van der Waals surface area contributed by atoms with Crippen LogP contribution in [0, 0.1) is 21.4 Å². The number of aromatic nitrogens is 2. The molecule has 0 aliphatic carbocycles. The molecule has 0 unspecified atom stereocenters. The van der Waals surface area contributed by atoms with Gasteiger partial charge in [-0.15, -0.1) is 0 Å². The van der Waals surface area contributed by atoms with E-state index in [-0.39, 0.29) is 11.3 Å². The van der Waals surface area contributed by atoms with Crippen LogP contribution < -0.4 is 5.32 Å². The van der Waals surface area contributed by atoms with Gasteiger partial charge in [-0.05, 0) is 18.2 Å². The maximum Gasteiger partial charge on any atom is 0.293 e. The summed E-state index contributed by atoms with van der Waals surface area (Å²) in [4.78, 5) is 10.4. The lowest BCUT2D eigenvalue weighted by molar-refractivity contribution is -0.384. The quantitative estimate of drug-likeness (QED) is 0.650. The lowest BCUT2D eigenvalue weighted by Gasteiger charge is -2.07. The molecule has 0 aliphatic heterocycles. The van der Waals surface area contributed by atoms with E-state index in [1.165, 1.54) is 6.07 Å². The second kappa shape index (κ2) is 5.64. The Morgan fingerprint density at radius 1 is 1.53 bits per heavy atom. The first-order chi connectivity index (χ1) is 9.20. The summed E-state index contributed by atoms with van der Waals surface area (Å²) in [6.45, 7) is 1.11. The first-order valence-corrected chi connectivity index (χ1v) is 5.60. The van der Waals surface area contributed by atoms with Crippen molar-refractivity contribution in [3.05, 3.63) is 52.3 Å². The van der Waals surface area contributed by atoms with Gasteiger partial charge in [-0.3, -0.25) is 14.8 Å². The number of nitrogens with zero attached hydrogens (tertiary/aromatic N) is 4. The van der Waals surface area contributed by atoms with Crippen LogP contribution in [-0.2, 0) is 6.54 Å². The number of rotatable bonds is 5. The number of hydrogen-bond donors (Lipinski definition) is 1. The Balaban J connectivity index is 2.07. The van der Waals surface area contributed by atoms with Crippen molar-refractivity contribution in [2.24, 2.45) is 0 Å². The maximum absolute atomic E-state index is 10.9. The summed E-state index contributed by atoms with van der Waals surface area (Å²) in [6.07, 6.45) is 3.49. The van der Waals surface area contributed by atoms with E-state index in [4.69, 9.17) is 5.26 Å². The topological polar surface area (TPSA) is 96.8 Å². The zero-order chi connectivity index (χ0) is 13.7. The highest BCUT2D eigenvalue weighted by Gasteiger charge is 2.14. The number of anilines is 1. The Morgan fingerprint density at radius 3 is 3.00 bits per heavy atom. The monoisotopic (exact) mass is 257 g/mol. The van der Waals surface area contributed by atoms with Crippen molar-refractivity contribution in [3.8, 4) is 6.07 Å². The van der Waals surface area contributed by atoms with E-state index < -0.39 is 4.92 Å². The number of nitriles is 1. The van der Waals surface area contributed by atoms with Crippen molar-refractivity contribution in [2.45, 2.75) is 6.54 Å². The summed E-state index contributed by atoms with van der Waals surface area (Å²) in [7, 11) is 0. The molecule has 0 amide bonds. The van der Waals surface area contributed by atoms with Gasteiger partial charge in [0.25, 0.3) is 5.69 Å². The number of nitro groups is 1. The summed E-state index contributed by atoms with van der Waals surface area (Å²) in [5.41, 5.74) is 0.569. The van der Waals surface area contributed by atoms with Crippen LogP contribution in [0.2, 0.25) is 0 Å². The van der Waals surface area contributed by atoms with Gasteiger partial charge in [0.2, 0.25) is 0 Å². The smallest absolute Gasteiger partial charge is 0.293 e. The molecule has 0 saturated heterocycles. The number of nitrogens with one attached hydrogen (secondary N) is 1. The molecule has 0 radical (unpaired) electrons. The predicted molar refractivity (Wildman–Crippen MR) is 68.5 cm³/mol. The third-order valence-electron chi connectivity index (χ3n) is 2.54. The van der Waals surface area contributed by atoms with Crippen LogP contribution in [-0.4, -0.2) is 21.2 Å². The Hall–Kier alpha value is -2.88. The summed E-state index contributed by atoms with van der Waals surface area (Å²) in [6, 6.07) is 8.04. The van der Waals surface area contributed by atoms with Crippen LogP contribution in [0.1, 0.15) is 5.56 Å². The lowest BCUT2D eigenvalue weighted by atomic mass is 10.2. The van der Waals surface area contributed by atoms with Crippen LogP contribution in [0.15, 0.2) is 36.7 Å². The maximum atomic E-state index is 10.9. The molecule has 0 fully saturated rings. The minimum absolute atomic E-state index is 0.0977. The van der Waals surface area contributed by atoms with E-state index in [9.17, 15) is 10.1 Å². The van der Waals surface area contributed by atoms with Gasteiger partial charge >= 0.3 is 0 Å². The molecular formula is C12H11N5O2. The minimum Gasteiger partial charge on any atom is -0.378 e. The molecule has 1 N–H and O–H groups in total. The van der Waals surface area contributed by atoms with Crippen LogP contribution in [0.4, 0.5) is 11.4 Å². The predicted octanol–water partition coefficient (Wildman–Crippen LogP) is 1.78. The van der Waals surface area contributed by atoms with Crippen LogP contribution in [0.3, 0.4) is 0 Å². The van der Waals surface area contributed by atoms with Crippen LogP contribution in [0.25, 0.3) is 0 Å². The van der Waals surface area contributed by atoms with E-state index >= 15 is 0 Å². The minimum atomic E-state index is -0.503. The summed E-state index contributed by atoms with van der Waals surface area (Å²) in [5, 5.41) is 26.7. The second-order valence-corrected chi connectivity index (χ2v) is 3.80. The average molecular weight is 257 g/mol. The zero-order valence-electron chi connectivity index (χ0n) is 9.98. The molecule has 19 heavy (non-hydrogen) atoms. The molecule has 1 aromatic heterocycles. The number of hydrogen-bond acceptors (Lipinski definition) is 5. The first kappa shape index (κ1) is 12.6. The SMILES string of the molecule is N#Cc1ccc(NCCn2cccn2)c([N+](=O)[O-])c1. The van der Waals surface area contributed by atoms with Crippen molar-refractivity contribution in [1.82, 2.24) is 9.78 Å². The third-order valence-corrected chi connectivity index (χ3v) is 2.54. The molecule has 0 spiro atoms. The molecule has 96 valence electrons. The fourth-order valence-electron chi connectivity index (χ4n) is 1.64. The zero-order valence-corrected chi connectivity index (χ0v) is 9.98. The highest BCUT2D eigenvalue weighted by Crippen LogP contribution is 2.25. The van der Waals surface area contributed by atoms with Crippen molar-refractivity contribution in [2.75, 3.05) is 11.9 Å². The molecule has 2 rings (SSSR count). The van der Waals surface area contributed by atoms with Crippen LogP contribution >= 0.6 is 0 Å². The molecule has 0 aliphatic rings. The van der Waals surface area contributed by atoms with E-state index in [0.29, 0.717) is 18.8 Å². The van der Waals surface area contributed by atoms with E-state index in [2.05, 4.69) is 10.4 Å². The summed E-state index contributed by atoms with van der Waals surface area (Å²) in [5.74, 6) is 0. The molecule has 1 aromatic carbocycles. The molecule has 2 aromatic rings. The van der Waals surface area contributed by atoms with Gasteiger partial charge in [0.1, 0.15) is 5.69 Å². The fourth-order valence-corrected chi connectivity index (χ4v) is 1.64. The number of benzene rings is 1. The Morgan fingerprint density at radius 2 is 2.37 bits per heavy atom. The van der Waals surface area contributed by atoms with Gasteiger partial charge in [-0.1, -0.05) is 0 Å². The number of nitro benzene ring substituents is 1. The molecule has 0 atom stereocenters. The van der Waals surface area contributed by atoms with Crippen molar-refractivity contribution >= 4 is 11.4 Å². The Labute approximate surface area is 109 Å². The normalized spacial score (nSPS) is 9.84. The highest BCUT2D eigenvalue weighted by atomic mass is 16.6.